The molecular formula is C28H36ClN3O4. The SMILES string of the molecule is C=C1C(=N/C=C(\C)OC)C=CC(Cl)=C1C(O)CN1CCCC(CNCc2ccc3c(c2)OCCO3)C1. The number of hydrogen-bond donors (Lipinski definition) is 2. The molecule has 1 aliphatic carbocycles. The Labute approximate surface area is 218 Å². The highest BCUT2D eigenvalue weighted by molar-refractivity contribution is 6.34. The normalized spacial score (nSPS) is 22.8. The number of β-amino-alcohol motifs (C(OH)–C–C–N with tert-alkyl or cyclic N) is 1. The number of methoxy groups -OCH3 is 1. The number of nitrogens with zero attached hydrogens (tertiary/aromatic N) is 2. The quantitative estimate of drug-likeness (QED) is 0.482. The molecule has 2 atom stereocenters. The van der Waals surface area contributed by atoms with Gasteiger partial charge in [-0.15, -0.1) is 0 Å². The number of aliphatic hydroxyl groups is 1. The van der Waals surface area contributed by atoms with Gasteiger partial charge in [0, 0.05) is 35.8 Å². The molecule has 1 saturated heterocycles. The number of likely N-dealkylation sites (tertiary alicyclic amines) is 1. The molecule has 194 valence electrons. The van der Waals surface area contributed by atoms with Gasteiger partial charge in [-0.2, -0.15) is 0 Å². The first-order valence-electron chi connectivity index (χ1n) is 12.5. The Bertz CT molecular complexity index is 1080. The molecule has 4 rings (SSSR count). The van der Waals surface area contributed by atoms with Gasteiger partial charge in [-0.1, -0.05) is 24.2 Å². The lowest BCUT2D eigenvalue weighted by atomic mass is 9.91. The molecule has 2 aliphatic heterocycles. The van der Waals surface area contributed by atoms with Crippen molar-refractivity contribution in [2.24, 2.45) is 10.9 Å². The van der Waals surface area contributed by atoms with Crippen molar-refractivity contribution >= 4 is 17.3 Å². The average molecular weight is 514 g/mol. The summed E-state index contributed by atoms with van der Waals surface area (Å²) < 4.78 is 16.4. The summed E-state index contributed by atoms with van der Waals surface area (Å²) in [6.45, 7) is 11.3. The van der Waals surface area contributed by atoms with Gasteiger partial charge in [0.25, 0.3) is 0 Å². The number of nitrogens with one attached hydrogen (secondary N) is 1. The molecular weight excluding hydrogens is 478 g/mol. The lowest BCUT2D eigenvalue weighted by Gasteiger charge is -2.35. The van der Waals surface area contributed by atoms with Gasteiger partial charge in [-0.25, -0.2) is 0 Å². The second-order valence-corrected chi connectivity index (χ2v) is 9.83. The van der Waals surface area contributed by atoms with E-state index in [0.29, 0.717) is 53.3 Å². The number of rotatable bonds is 9. The second kappa shape index (κ2) is 12.6. The van der Waals surface area contributed by atoms with Crippen molar-refractivity contribution in [2.75, 3.05) is 46.5 Å². The van der Waals surface area contributed by atoms with Gasteiger partial charge in [-0.05, 0) is 68.6 Å². The summed E-state index contributed by atoms with van der Waals surface area (Å²) in [5.74, 6) is 2.84. The van der Waals surface area contributed by atoms with Crippen LogP contribution in [-0.2, 0) is 11.3 Å². The summed E-state index contributed by atoms with van der Waals surface area (Å²) in [5.41, 5.74) is 3.13. The molecule has 8 heteroatoms. The van der Waals surface area contributed by atoms with Gasteiger partial charge in [0.2, 0.25) is 0 Å². The van der Waals surface area contributed by atoms with Crippen LogP contribution in [0.4, 0.5) is 0 Å². The van der Waals surface area contributed by atoms with E-state index in [1.165, 1.54) is 12.0 Å². The van der Waals surface area contributed by atoms with Gasteiger partial charge in [0.15, 0.2) is 11.5 Å². The standard InChI is InChI=1S/C28H36ClN3O4/c1-19(34-3)14-31-24-8-7-23(29)28(20(24)2)25(33)18-32-10-4-5-22(17-32)16-30-15-21-6-9-26-27(13-21)36-12-11-35-26/h6-9,13-14,22,25,30,33H,2,4-5,10-12,15-18H2,1,3H3/b19-14+,31-24?. The van der Waals surface area contributed by atoms with E-state index in [2.05, 4.69) is 33.9 Å². The van der Waals surface area contributed by atoms with Crippen molar-refractivity contribution in [1.29, 1.82) is 0 Å². The molecule has 0 aromatic heterocycles. The number of piperidine rings is 1. The monoisotopic (exact) mass is 513 g/mol. The molecule has 1 fully saturated rings. The number of hydrogen-bond acceptors (Lipinski definition) is 7. The zero-order valence-electron chi connectivity index (χ0n) is 21.1. The van der Waals surface area contributed by atoms with E-state index in [-0.39, 0.29) is 0 Å². The largest absolute Gasteiger partial charge is 0.500 e. The van der Waals surface area contributed by atoms with Crippen LogP contribution in [0, 0.1) is 5.92 Å². The maximum absolute atomic E-state index is 11.1. The van der Waals surface area contributed by atoms with Gasteiger partial charge in [0.05, 0.1) is 25.1 Å². The lowest BCUT2D eigenvalue weighted by molar-refractivity contribution is 0.104. The molecule has 0 spiro atoms. The van der Waals surface area contributed by atoms with Crippen LogP contribution in [0.5, 0.6) is 11.5 Å². The van der Waals surface area contributed by atoms with Crippen molar-refractivity contribution in [3.8, 4) is 11.5 Å². The van der Waals surface area contributed by atoms with Crippen molar-refractivity contribution < 1.29 is 19.3 Å². The van der Waals surface area contributed by atoms with Crippen molar-refractivity contribution in [2.45, 2.75) is 32.4 Å². The maximum Gasteiger partial charge on any atom is 0.161 e. The number of aliphatic hydroxyl groups excluding tert-OH is 1. The highest BCUT2D eigenvalue weighted by Gasteiger charge is 2.27. The number of aliphatic imine (C=N–C) groups is 1. The minimum absolute atomic E-state index is 0.508. The van der Waals surface area contributed by atoms with Crippen LogP contribution in [0.3, 0.4) is 0 Å². The van der Waals surface area contributed by atoms with Gasteiger partial charge >= 0.3 is 0 Å². The zero-order valence-corrected chi connectivity index (χ0v) is 21.9. The molecule has 0 amide bonds. The van der Waals surface area contributed by atoms with Gasteiger partial charge in [0.1, 0.15) is 19.0 Å². The Balaban J connectivity index is 1.29. The Morgan fingerprint density at radius 1 is 1.33 bits per heavy atom. The molecule has 1 aromatic rings. The fourth-order valence-electron chi connectivity index (χ4n) is 4.76. The Kier molecular flexibility index (Phi) is 9.26. The Morgan fingerprint density at radius 2 is 2.14 bits per heavy atom. The van der Waals surface area contributed by atoms with Crippen molar-refractivity contribution in [1.82, 2.24) is 10.2 Å². The molecule has 36 heavy (non-hydrogen) atoms. The third-order valence-electron chi connectivity index (χ3n) is 6.72. The second-order valence-electron chi connectivity index (χ2n) is 9.42. The smallest absolute Gasteiger partial charge is 0.161 e. The van der Waals surface area contributed by atoms with Crippen LogP contribution in [0.1, 0.15) is 25.3 Å². The summed E-state index contributed by atoms with van der Waals surface area (Å²) >= 11 is 6.48. The van der Waals surface area contributed by atoms with Crippen molar-refractivity contribution in [3.63, 3.8) is 0 Å². The maximum atomic E-state index is 11.1. The fourth-order valence-corrected chi connectivity index (χ4v) is 5.06. The van der Waals surface area contributed by atoms with E-state index >= 15 is 0 Å². The van der Waals surface area contributed by atoms with Crippen LogP contribution in [-0.4, -0.2) is 68.3 Å². The predicted octanol–water partition coefficient (Wildman–Crippen LogP) is 4.19. The topological polar surface area (TPSA) is 75.6 Å². The summed E-state index contributed by atoms with van der Waals surface area (Å²) in [6, 6.07) is 6.11. The first kappa shape index (κ1) is 26.5. The zero-order chi connectivity index (χ0) is 25.5. The van der Waals surface area contributed by atoms with E-state index in [9.17, 15) is 5.11 Å². The van der Waals surface area contributed by atoms with E-state index in [1.54, 1.807) is 19.4 Å². The Morgan fingerprint density at radius 3 is 2.94 bits per heavy atom. The highest BCUT2D eigenvalue weighted by atomic mass is 35.5. The molecule has 0 radical (unpaired) electrons. The number of benzene rings is 1. The van der Waals surface area contributed by atoms with E-state index in [0.717, 1.165) is 44.1 Å². The third-order valence-corrected chi connectivity index (χ3v) is 7.05. The van der Waals surface area contributed by atoms with Crippen LogP contribution in [0.15, 0.2) is 70.1 Å². The van der Waals surface area contributed by atoms with Crippen LogP contribution >= 0.6 is 11.6 Å². The highest BCUT2D eigenvalue weighted by Crippen LogP contribution is 2.31. The Hall–Kier alpha value is -2.58. The average Bonchev–Trinajstić information content (AvgIpc) is 2.88. The fraction of sp³-hybridized carbons (Fsp3) is 0.464. The van der Waals surface area contributed by atoms with E-state index < -0.39 is 6.10 Å². The minimum Gasteiger partial charge on any atom is -0.500 e. The number of ether oxygens (including phenoxy) is 3. The molecule has 0 bridgehead atoms. The van der Waals surface area contributed by atoms with Gasteiger partial charge < -0.3 is 29.5 Å². The summed E-state index contributed by atoms with van der Waals surface area (Å²) in [6.07, 6.45) is 6.75. The molecule has 3 aliphatic rings. The molecule has 1 aromatic carbocycles. The number of allylic oxidation sites excluding steroid dienone is 4. The number of halogens is 1. The first-order valence-corrected chi connectivity index (χ1v) is 12.9. The van der Waals surface area contributed by atoms with Crippen LogP contribution in [0.25, 0.3) is 0 Å². The molecule has 2 unspecified atom stereocenters. The third kappa shape index (κ3) is 6.79. The van der Waals surface area contributed by atoms with Crippen molar-refractivity contribution in [3.05, 3.63) is 70.6 Å². The van der Waals surface area contributed by atoms with Crippen LogP contribution in [0.2, 0.25) is 0 Å². The summed E-state index contributed by atoms with van der Waals surface area (Å²) in [4.78, 5) is 6.76. The molecule has 7 nitrogen and oxygen atoms in total. The molecule has 2 heterocycles. The minimum atomic E-state index is -0.739. The summed E-state index contributed by atoms with van der Waals surface area (Å²) in [7, 11) is 1.60. The first-order chi connectivity index (χ1) is 17.4. The van der Waals surface area contributed by atoms with E-state index in [1.807, 2.05) is 19.1 Å². The number of fused-ring (bicyclic) bond motifs is 1. The van der Waals surface area contributed by atoms with Gasteiger partial charge in [-0.3, -0.25) is 4.99 Å². The summed E-state index contributed by atoms with van der Waals surface area (Å²) in [5, 5.41) is 15.2. The van der Waals surface area contributed by atoms with E-state index in [4.69, 9.17) is 25.8 Å². The molecule has 2 N–H and O–H groups in total. The predicted molar refractivity (Wildman–Crippen MR) is 144 cm³/mol. The van der Waals surface area contributed by atoms with Crippen LogP contribution < -0.4 is 14.8 Å². The lowest BCUT2D eigenvalue weighted by Crippen LogP contribution is -2.43. The molecule has 0 saturated carbocycles.